The Morgan fingerprint density at radius 3 is 2.59 bits per heavy atom. The number of ether oxygens (including phenoxy) is 1. The lowest BCUT2D eigenvalue weighted by atomic mass is 10.1. The number of carbonyl (C=O) groups excluding carboxylic acids is 4. The maximum Gasteiger partial charge on any atom is 0.261 e. The second kappa shape index (κ2) is 10.3. The summed E-state index contributed by atoms with van der Waals surface area (Å²) in [6, 6.07) is 13.1. The van der Waals surface area contributed by atoms with Gasteiger partial charge in [-0.3, -0.25) is 24.1 Å². The molecule has 1 heterocycles. The van der Waals surface area contributed by atoms with E-state index < -0.39 is 17.7 Å². The van der Waals surface area contributed by atoms with Crippen LogP contribution in [0.1, 0.15) is 49.5 Å². The number of nitrogens with zero attached hydrogens (tertiary/aromatic N) is 2. The molecule has 0 saturated carbocycles. The van der Waals surface area contributed by atoms with Crippen LogP contribution in [-0.2, 0) is 16.1 Å². The Bertz CT molecular complexity index is 1110. The third-order valence-electron chi connectivity index (χ3n) is 4.93. The molecule has 0 unspecified atom stereocenters. The van der Waals surface area contributed by atoms with Crippen molar-refractivity contribution in [2.45, 2.75) is 19.4 Å². The minimum atomic E-state index is -0.442. The van der Waals surface area contributed by atoms with E-state index in [1.54, 1.807) is 37.4 Å². The summed E-state index contributed by atoms with van der Waals surface area (Å²) in [5.74, 6) is -1.68. The topological polar surface area (TPSA) is 129 Å². The Hall–Kier alpha value is -4.03. The van der Waals surface area contributed by atoms with Gasteiger partial charge < -0.3 is 15.4 Å². The summed E-state index contributed by atoms with van der Waals surface area (Å²) in [4.78, 5) is 50.6. The van der Waals surface area contributed by atoms with Crippen LogP contribution >= 0.6 is 0 Å². The average Bonchev–Trinajstić information content (AvgIpc) is 3.03. The highest BCUT2D eigenvalue weighted by atomic mass is 16.5. The number of para-hydroxylation sites is 1. The maximum absolute atomic E-state index is 12.7. The van der Waals surface area contributed by atoms with Crippen molar-refractivity contribution in [3.8, 4) is 6.07 Å². The number of benzene rings is 2. The molecule has 164 valence electrons. The molecule has 0 spiro atoms. The molecule has 0 bridgehead atoms. The van der Waals surface area contributed by atoms with Crippen LogP contribution in [0, 0.1) is 11.3 Å². The van der Waals surface area contributed by atoms with Crippen molar-refractivity contribution in [2.24, 2.45) is 0 Å². The molecule has 0 aliphatic carbocycles. The molecule has 0 fully saturated rings. The molecule has 0 saturated heterocycles. The number of anilines is 1. The van der Waals surface area contributed by atoms with E-state index in [0.717, 1.165) is 4.90 Å². The molecule has 9 heteroatoms. The van der Waals surface area contributed by atoms with Crippen molar-refractivity contribution < 1.29 is 23.9 Å². The lowest BCUT2D eigenvalue weighted by Crippen LogP contribution is -2.31. The van der Waals surface area contributed by atoms with Gasteiger partial charge in [-0.2, -0.15) is 5.26 Å². The van der Waals surface area contributed by atoms with Crippen molar-refractivity contribution >= 4 is 29.3 Å². The molecule has 3 rings (SSSR count). The second-order valence-corrected chi connectivity index (χ2v) is 7.09. The predicted molar refractivity (Wildman–Crippen MR) is 115 cm³/mol. The monoisotopic (exact) mass is 434 g/mol. The molecule has 1 aliphatic heterocycles. The molecule has 0 aromatic heterocycles. The number of carbonyl (C=O) groups is 4. The van der Waals surface area contributed by atoms with E-state index in [-0.39, 0.29) is 42.1 Å². The van der Waals surface area contributed by atoms with E-state index in [1.807, 2.05) is 0 Å². The summed E-state index contributed by atoms with van der Waals surface area (Å²) in [7, 11) is 1.55. The first-order valence-corrected chi connectivity index (χ1v) is 9.98. The van der Waals surface area contributed by atoms with E-state index >= 15 is 0 Å². The summed E-state index contributed by atoms with van der Waals surface area (Å²) in [5, 5.41) is 14.0. The van der Waals surface area contributed by atoms with Crippen molar-refractivity contribution in [3.63, 3.8) is 0 Å². The fourth-order valence-electron chi connectivity index (χ4n) is 3.34. The van der Waals surface area contributed by atoms with E-state index in [0.29, 0.717) is 24.3 Å². The number of imide groups is 1. The molecule has 9 nitrogen and oxygen atoms in total. The number of amides is 4. The standard InChI is InChI=1S/C23H22N4O5/c1-32-12-4-11-27-22(30)17-8-7-15(13-18(17)23(27)31)21(29)25-14-16-5-2-3-6-19(16)26-20(28)9-10-24/h2-3,5-8,13H,4,9,11-12,14H2,1H3,(H,25,29)(H,26,28). The summed E-state index contributed by atoms with van der Waals surface area (Å²) < 4.78 is 4.97. The lowest BCUT2D eigenvalue weighted by molar-refractivity contribution is -0.115. The van der Waals surface area contributed by atoms with Crippen LogP contribution < -0.4 is 10.6 Å². The van der Waals surface area contributed by atoms with Crippen LogP contribution in [0.25, 0.3) is 0 Å². The Balaban J connectivity index is 1.69. The summed E-state index contributed by atoms with van der Waals surface area (Å²) >= 11 is 0. The molecule has 2 aromatic rings. The van der Waals surface area contributed by atoms with Crippen LogP contribution in [0.5, 0.6) is 0 Å². The average molecular weight is 434 g/mol. The number of rotatable bonds is 9. The molecule has 0 radical (unpaired) electrons. The summed E-state index contributed by atoms with van der Waals surface area (Å²) in [5.41, 5.74) is 1.87. The predicted octanol–water partition coefficient (Wildman–Crippen LogP) is 2.10. The highest BCUT2D eigenvalue weighted by molar-refractivity contribution is 6.22. The maximum atomic E-state index is 12.7. The zero-order valence-electron chi connectivity index (χ0n) is 17.5. The van der Waals surface area contributed by atoms with Gasteiger partial charge in [0, 0.05) is 38.1 Å². The molecule has 1 aliphatic rings. The van der Waals surface area contributed by atoms with Crippen molar-refractivity contribution in [2.75, 3.05) is 25.6 Å². The minimum Gasteiger partial charge on any atom is -0.385 e. The molecule has 2 N–H and O–H groups in total. The first-order valence-electron chi connectivity index (χ1n) is 9.98. The van der Waals surface area contributed by atoms with Crippen LogP contribution in [0.3, 0.4) is 0 Å². The Morgan fingerprint density at radius 2 is 1.84 bits per heavy atom. The van der Waals surface area contributed by atoms with E-state index in [1.165, 1.54) is 18.2 Å². The first-order chi connectivity index (χ1) is 15.5. The SMILES string of the molecule is COCCCN1C(=O)c2ccc(C(=O)NCc3ccccc3NC(=O)CC#N)cc2C1=O. The molecule has 0 atom stereocenters. The Kier molecular flexibility index (Phi) is 7.31. The van der Waals surface area contributed by atoms with Crippen LogP contribution in [0.2, 0.25) is 0 Å². The lowest BCUT2D eigenvalue weighted by Gasteiger charge is -2.12. The van der Waals surface area contributed by atoms with Gasteiger partial charge in [-0.15, -0.1) is 0 Å². The second-order valence-electron chi connectivity index (χ2n) is 7.09. The fourth-order valence-corrected chi connectivity index (χ4v) is 3.34. The van der Waals surface area contributed by atoms with Gasteiger partial charge in [0.2, 0.25) is 5.91 Å². The van der Waals surface area contributed by atoms with Gasteiger partial charge in [-0.1, -0.05) is 18.2 Å². The molecule has 4 amide bonds. The van der Waals surface area contributed by atoms with Gasteiger partial charge >= 0.3 is 0 Å². The highest BCUT2D eigenvalue weighted by Crippen LogP contribution is 2.24. The third kappa shape index (κ3) is 4.99. The van der Waals surface area contributed by atoms with E-state index in [2.05, 4.69) is 10.6 Å². The fraction of sp³-hybridized carbons (Fsp3) is 0.261. The molecular formula is C23H22N4O5. The van der Waals surface area contributed by atoms with Gasteiger partial charge in [0.25, 0.3) is 17.7 Å². The third-order valence-corrected chi connectivity index (χ3v) is 4.93. The van der Waals surface area contributed by atoms with Gasteiger partial charge in [-0.05, 0) is 36.2 Å². The molecular weight excluding hydrogens is 412 g/mol. The van der Waals surface area contributed by atoms with Crippen LogP contribution in [0.4, 0.5) is 5.69 Å². The molecule has 2 aromatic carbocycles. The summed E-state index contributed by atoms with van der Waals surface area (Å²) in [6.07, 6.45) is 0.255. The van der Waals surface area contributed by atoms with Gasteiger partial charge in [0.05, 0.1) is 17.2 Å². The smallest absolute Gasteiger partial charge is 0.261 e. The van der Waals surface area contributed by atoms with Gasteiger partial charge in [0.15, 0.2) is 0 Å². The van der Waals surface area contributed by atoms with E-state index in [9.17, 15) is 19.2 Å². The quantitative estimate of drug-likeness (QED) is 0.459. The number of nitrogens with one attached hydrogen (secondary N) is 2. The number of methoxy groups -OCH3 is 1. The van der Waals surface area contributed by atoms with E-state index in [4.69, 9.17) is 10.00 Å². The number of fused-ring (bicyclic) bond motifs is 1. The number of hydrogen-bond donors (Lipinski definition) is 2. The Morgan fingerprint density at radius 1 is 1.09 bits per heavy atom. The number of nitriles is 1. The largest absolute Gasteiger partial charge is 0.385 e. The zero-order chi connectivity index (χ0) is 23.1. The normalized spacial score (nSPS) is 12.3. The van der Waals surface area contributed by atoms with Crippen molar-refractivity contribution in [3.05, 3.63) is 64.7 Å². The number of hydrogen-bond acceptors (Lipinski definition) is 6. The van der Waals surface area contributed by atoms with Crippen LogP contribution in [-0.4, -0.2) is 48.8 Å². The summed E-state index contributed by atoms with van der Waals surface area (Å²) in [6.45, 7) is 0.796. The molecule has 32 heavy (non-hydrogen) atoms. The van der Waals surface area contributed by atoms with Gasteiger partial charge in [-0.25, -0.2) is 0 Å². The highest BCUT2D eigenvalue weighted by Gasteiger charge is 2.35. The van der Waals surface area contributed by atoms with Gasteiger partial charge in [0.1, 0.15) is 6.42 Å². The minimum absolute atomic E-state index is 0.120. The Labute approximate surface area is 185 Å². The first kappa shape index (κ1) is 22.7. The zero-order valence-corrected chi connectivity index (χ0v) is 17.5. The van der Waals surface area contributed by atoms with Crippen LogP contribution in [0.15, 0.2) is 42.5 Å². The van der Waals surface area contributed by atoms with Crippen molar-refractivity contribution in [1.29, 1.82) is 5.26 Å². The van der Waals surface area contributed by atoms with Crippen molar-refractivity contribution in [1.82, 2.24) is 10.2 Å².